The molecule has 0 radical (unpaired) electrons. The van der Waals surface area contributed by atoms with Crippen molar-refractivity contribution in [1.29, 1.82) is 0 Å². The molecule has 0 bridgehead atoms. The summed E-state index contributed by atoms with van der Waals surface area (Å²) in [5.74, 6) is 0.166. The fourth-order valence-corrected chi connectivity index (χ4v) is 3.36. The highest BCUT2D eigenvalue weighted by Gasteiger charge is 2.36. The van der Waals surface area contributed by atoms with Gasteiger partial charge in [0.1, 0.15) is 0 Å². The molecule has 1 aliphatic carbocycles. The Hall–Kier alpha value is -2.37. The second-order valence-electron chi connectivity index (χ2n) is 7.42. The summed E-state index contributed by atoms with van der Waals surface area (Å²) in [7, 11) is 1.74. The molecule has 1 saturated carbocycles. The zero-order valence-electron chi connectivity index (χ0n) is 15.5. The summed E-state index contributed by atoms with van der Waals surface area (Å²) in [6.07, 6.45) is 3.65. The monoisotopic (exact) mass is 357 g/mol. The fourth-order valence-electron chi connectivity index (χ4n) is 3.36. The van der Waals surface area contributed by atoms with Crippen LogP contribution in [0.2, 0.25) is 0 Å². The predicted molar refractivity (Wildman–Crippen MR) is 99.2 cm³/mol. The molecule has 140 valence electrons. The summed E-state index contributed by atoms with van der Waals surface area (Å²) in [4.78, 5) is 40.0. The average molecular weight is 357 g/mol. The summed E-state index contributed by atoms with van der Waals surface area (Å²) in [5.41, 5.74) is 1.64. The number of nitrogens with one attached hydrogen (secondary N) is 1. The van der Waals surface area contributed by atoms with Crippen LogP contribution in [0.5, 0.6) is 0 Å². The number of nitrogens with zero attached hydrogens (tertiary/aromatic N) is 2. The molecule has 6 nitrogen and oxygen atoms in total. The van der Waals surface area contributed by atoms with Crippen LogP contribution in [0, 0.1) is 11.8 Å². The quantitative estimate of drug-likeness (QED) is 0.879. The van der Waals surface area contributed by atoms with Crippen molar-refractivity contribution in [2.24, 2.45) is 11.8 Å². The van der Waals surface area contributed by atoms with Gasteiger partial charge in [-0.15, -0.1) is 0 Å². The number of amides is 3. The van der Waals surface area contributed by atoms with E-state index in [4.69, 9.17) is 0 Å². The maximum Gasteiger partial charge on any atom is 0.229 e. The third-order valence-electron chi connectivity index (χ3n) is 5.25. The van der Waals surface area contributed by atoms with Gasteiger partial charge in [-0.2, -0.15) is 0 Å². The standard InChI is InChI=1S/C20H27N3O3/c1-14(24)22(2)12-16-6-3-4-8-18(16)21-19(25)17-7-5-11-23(13-17)20(26)15-9-10-15/h3-4,6,8,15,17H,5,7,9-13H2,1-2H3,(H,21,25). The molecule has 2 aliphatic rings. The molecule has 1 aliphatic heterocycles. The largest absolute Gasteiger partial charge is 0.342 e. The maximum atomic E-state index is 12.8. The Kier molecular flexibility index (Phi) is 5.59. The third-order valence-corrected chi connectivity index (χ3v) is 5.25. The van der Waals surface area contributed by atoms with Gasteiger partial charge in [0.25, 0.3) is 0 Å². The van der Waals surface area contributed by atoms with Crippen molar-refractivity contribution < 1.29 is 14.4 Å². The summed E-state index contributed by atoms with van der Waals surface area (Å²) in [5, 5.41) is 3.01. The number of likely N-dealkylation sites (tertiary alicyclic amines) is 1. The van der Waals surface area contributed by atoms with E-state index in [0.717, 1.165) is 43.5 Å². The van der Waals surface area contributed by atoms with Crippen molar-refractivity contribution in [3.8, 4) is 0 Å². The van der Waals surface area contributed by atoms with E-state index < -0.39 is 0 Å². The SMILES string of the molecule is CC(=O)N(C)Cc1ccccc1NC(=O)C1CCCN(C(=O)C2CC2)C1. The highest BCUT2D eigenvalue weighted by atomic mass is 16.2. The maximum absolute atomic E-state index is 12.8. The summed E-state index contributed by atoms with van der Waals surface area (Å²) < 4.78 is 0. The van der Waals surface area contributed by atoms with Crippen molar-refractivity contribution in [2.75, 3.05) is 25.5 Å². The van der Waals surface area contributed by atoms with Crippen molar-refractivity contribution in [3.05, 3.63) is 29.8 Å². The van der Waals surface area contributed by atoms with Crippen LogP contribution in [-0.4, -0.2) is 47.7 Å². The molecular formula is C20H27N3O3. The summed E-state index contributed by atoms with van der Waals surface area (Å²) in [6, 6.07) is 7.54. The lowest BCUT2D eigenvalue weighted by atomic mass is 9.96. The molecule has 3 rings (SSSR count). The van der Waals surface area contributed by atoms with E-state index in [-0.39, 0.29) is 29.6 Å². The van der Waals surface area contributed by atoms with Crippen LogP contribution >= 0.6 is 0 Å². The van der Waals surface area contributed by atoms with Crippen molar-refractivity contribution in [2.45, 2.75) is 39.2 Å². The van der Waals surface area contributed by atoms with E-state index in [9.17, 15) is 14.4 Å². The van der Waals surface area contributed by atoms with Gasteiger partial charge in [-0.1, -0.05) is 18.2 Å². The molecule has 0 spiro atoms. The van der Waals surface area contributed by atoms with Gasteiger partial charge in [-0.05, 0) is 37.3 Å². The molecule has 1 N–H and O–H groups in total. The van der Waals surface area contributed by atoms with Crippen LogP contribution in [0.15, 0.2) is 24.3 Å². The molecule has 2 fully saturated rings. The molecule has 1 heterocycles. The first-order valence-electron chi connectivity index (χ1n) is 9.35. The fraction of sp³-hybridized carbons (Fsp3) is 0.550. The number of hydrogen-bond donors (Lipinski definition) is 1. The van der Waals surface area contributed by atoms with Crippen LogP contribution in [-0.2, 0) is 20.9 Å². The number of rotatable bonds is 5. The van der Waals surface area contributed by atoms with E-state index in [1.54, 1.807) is 11.9 Å². The molecule has 0 aromatic heterocycles. The molecule has 1 aromatic carbocycles. The van der Waals surface area contributed by atoms with E-state index in [0.29, 0.717) is 13.1 Å². The number of benzene rings is 1. The Labute approximate surface area is 154 Å². The first kappa shape index (κ1) is 18.4. The highest BCUT2D eigenvalue weighted by Crippen LogP contribution is 2.32. The lowest BCUT2D eigenvalue weighted by Crippen LogP contribution is -2.44. The predicted octanol–water partition coefficient (Wildman–Crippen LogP) is 2.25. The molecule has 1 unspecified atom stereocenters. The van der Waals surface area contributed by atoms with Gasteiger partial charge >= 0.3 is 0 Å². The molecule has 26 heavy (non-hydrogen) atoms. The minimum absolute atomic E-state index is 0.0207. The van der Waals surface area contributed by atoms with Gasteiger partial charge in [-0.25, -0.2) is 0 Å². The van der Waals surface area contributed by atoms with E-state index in [1.807, 2.05) is 29.2 Å². The lowest BCUT2D eigenvalue weighted by molar-refractivity contribution is -0.135. The molecule has 1 aromatic rings. The van der Waals surface area contributed by atoms with E-state index in [1.165, 1.54) is 6.92 Å². The Morgan fingerprint density at radius 1 is 1.15 bits per heavy atom. The van der Waals surface area contributed by atoms with E-state index in [2.05, 4.69) is 5.32 Å². The zero-order chi connectivity index (χ0) is 18.7. The zero-order valence-corrected chi connectivity index (χ0v) is 15.5. The van der Waals surface area contributed by atoms with E-state index >= 15 is 0 Å². The molecule has 6 heteroatoms. The third kappa shape index (κ3) is 4.42. The van der Waals surface area contributed by atoms with Crippen LogP contribution in [0.1, 0.15) is 38.2 Å². The van der Waals surface area contributed by atoms with Crippen LogP contribution in [0.3, 0.4) is 0 Å². The number of para-hydroxylation sites is 1. The first-order chi connectivity index (χ1) is 12.5. The van der Waals surface area contributed by atoms with Crippen molar-refractivity contribution in [3.63, 3.8) is 0 Å². The van der Waals surface area contributed by atoms with Gasteiger partial charge < -0.3 is 15.1 Å². The second-order valence-corrected chi connectivity index (χ2v) is 7.42. The Balaban J connectivity index is 1.64. The topological polar surface area (TPSA) is 69.7 Å². The van der Waals surface area contributed by atoms with Crippen LogP contribution < -0.4 is 5.32 Å². The lowest BCUT2D eigenvalue weighted by Gasteiger charge is -2.32. The van der Waals surface area contributed by atoms with Gasteiger partial charge in [0.05, 0.1) is 5.92 Å². The van der Waals surface area contributed by atoms with Gasteiger partial charge in [0, 0.05) is 45.2 Å². The number of piperidine rings is 1. The van der Waals surface area contributed by atoms with Gasteiger partial charge in [0.15, 0.2) is 0 Å². The van der Waals surface area contributed by atoms with Crippen molar-refractivity contribution >= 4 is 23.4 Å². The molecular weight excluding hydrogens is 330 g/mol. The smallest absolute Gasteiger partial charge is 0.229 e. The number of carbonyl (C=O) groups is 3. The van der Waals surface area contributed by atoms with Gasteiger partial charge in [-0.3, -0.25) is 14.4 Å². The van der Waals surface area contributed by atoms with Gasteiger partial charge in [0.2, 0.25) is 17.7 Å². The van der Waals surface area contributed by atoms with Crippen molar-refractivity contribution in [1.82, 2.24) is 9.80 Å². The minimum Gasteiger partial charge on any atom is -0.342 e. The van der Waals surface area contributed by atoms with Crippen LogP contribution in [0.25, 0.3) is 0 Å². The normalized spacial score (nSPS) is 19.8. The molecule has 1 saturated heterocycles. The summed E-state index contributed by atoms with van der Waals surface area (Å²) in [6.45, 7) is 3.24. The average Bonchev–Trinajstić information content (AvgIpc) is 3.47. The minimum atomic E-state index is -0.176. The second kappa shape index (κ2) is 7.89. The number of carbonyl (C=O) groups excluding carboxylic acids is 3. The summed E-state index contributed by atoms with van der Waals surface area (Å²) >= 11 is 0. The first-order valence-corrected chi connectivity index (χ1v) is 9.35. The van der Waals surface area contributed by atoms with Crippen LogP contribution in [0.4, 0.5) is 5.69 Å². The Bertz CT molecular complexity index is 699. The number of hydrogen-bond acceptors (Lipinski definition) is 3. The number of anilines is 1. The molecule has 3 amide bonds. The Morgan fingerprint density at radius 2 is 1.88 bits per heavy atom. The Morgan fingerprint density at radius 3 is 2.58 bits per heavy atom. The molecule has 1 atom stereocenters. The highest BCUT2D eigenvalue weighted by molar-refractivity contribution is 5.94.